The number of piperidine rings is 1. The van der Waals surface area contributed by atoms with E-state index in [1.54, 1.807) is 6.08 Å². The summed E-state index contributed by atoms with van der Waals surface area (Å²) >= 11 is 0. The van der Waals surface area contributed by atoms with Crippen molar-refractivity contribution >= 4 is 11.7 Å². The van der Waals surface area contributed by atoms with Crippen molar-refractivity contribution in [1.29, 1.82) is 0 Å². The fourth-order valence-corrected chi connectivity index (χ4v) is 5.85. The summed E-state index contributed by atoms with van der Waals surface area (Å²) in [5.74, 6) is -0.486. The zero-order chi connectivity index (χ0) is 25.8. The van der Waals surface area contributed by atoms with Crippen molar-refractivity contribution in [3.63, 3.8) is 0 Å². The van der Waals surface area contributed by atoms with Gasteiger partial charge >= 0.3 is 12.3 Å². The third kappa shape index (κ3) is 5.42. The van der Waals surface area contributed by atoms with Crippen molar-refractivity contribution < 1.29 is 32.6 Å². The molecule has 6 rings (SSSR count). The number of halogens is 3. The molecule has 6 nitrogen and oxygen atoms in total. The molecule has 5 aliphatic rings. The maximum Gasteiger partial charge on any atom is 0.573 e. The highest BCUT2D eigenvalue weighted by atomic mass is 19.4. The van der Waals surface area contributed by atoms with E-state index in [0.29, 0.717) is 25.0 Å². The summed E-state index contributed by atoms with van der Waals surface area (Å²) in [5.41, 5.74) is 4.56. The summed E-state index contributed by atoms with van der Waals surface area (Å²) in [6.07, 6.45) is 6.02. The van der Waals surface area contributed by atoms with Gasteiger partial charge in [-0.25, -0.2) is 4.79 Å². The van der Waals surface area contributed by atoms with Crippen molar-refractivity contribution in [3.05, 3.63) is 52.1 Å². The van der Waals surface area contributed by atoms with Crippen LogP contribution >= 0.6 is 0 Å². The molecule has 1 spiro atoms. The number of rotatable bonds is 7. The molecule has 0 unspecified atom stereocenters. The van der Waals surface area contributed by atoms with Gasteiger partial charge in [-0.15, -0.1) is 13.2 Å². The lowest BCUT2D eigenvalue weighted by molar-refractivity contribution is -0.275. The Balaban J connectivity index is 1.11. The average molecular weight is 517 g/mol. The van der Waals surface area contributed by atoms with E-state index in [0.717, 1.165) is 86.0 Å². The highest BCUT2D eigenvalue weighted by Gasteiger charge is 2.43. The van der Waals surface area contributed by atoms with Gasteiger partial charge in [-0.2, -0.15) is 0 Å². The number of allylic oxidation sites excluding steroid dienone is 3. The van der Waals surface area contributed by atoms with Gasteiger partial charge in [-0.1, -0.05) is 29.4 Å². The maximum atomic E-state index is 13.2. The third-order valence-electron chi connectivity index (χ3n) is 8.27. The number of hydrogen-bond donors (Lipinski definition) is 1. The van der Waals surface area contributed by atoms with E-state index in [2.05, 4.69) is 14.8 Å². The normalized spacial score (nSPS) is 23.8. The van der Waals surface area contributed by atoms with Gasteiger partial charge in [0.2, 0.25) is 0 Å². The number of ether oxygens (including phenoxy) is 1. The number of aliphatic carboxylic acids is 1. The second-order valence-corrected chi connectivity index (χ2v) is 11.2. The van der Waals surface area contributed by atoms with Crippen LogP contribution in [0.5, 0.6) is 5.75 Å². The van der Waals surface area contributed by atoms with Crippen molar-refractivity contribution in [1.82, 2.24) is 4.90 Å². The number of alkyl halides is 3. The fraction of sp³-hybridized carbons (Fsp3) is 0.571. The minimum atomic E-state index is -4.68. The number of nitrogens with zero attached hydrogens (tertiary/aromatic N) is 2. The zero-order valence-electron chi connectivity index (χ0n) is 20.6. The van der Waals surface area contributed by atoms with Gasteiger partial charge in [-0.05, 0) is 72.6 Å². The highest BCUT2D eigenvalue weighted by Crippen LogP contribution is 2.52. The zero-order valence-corrected chi connectivity index (χ0v) is 20.6. The lowest BCUT2D eigenvalue weighted by Gasteiger charge is -2.37. The molecular weight excluding hydrogens is 485 g/mol. The Morgan fingerprint density at radius 3 is 2.24 bits per heavy atom. The van der Waals surface area contributed by atoms with Crippen LogP contribution in [-0.4, -0.2) is 46.7 Å². The highest BCUT2D eigenvalue weighted by molar-refractivity contribution is 6.02. The Hall–Kier alpha value is -2.81. The molecule has 0 radical (unpaired) electrons. The Morgan fingerprint density at radius 2 is 1.73 bits per heavy atom. The van der Waals surface area contributed by atoms with Crippen LogP contribution in [0.2, 0.25) is 0 Å². The Bertz CT molecular complexity index is 1150. The van der Waals surface area contributed by atoms with Gasteiger partial charge in [0.25, 0.3) is 0 Å². The first-order valence-electron chi connectivity index (χ1n) is 13.2. The van der Waals surface area contributed by atoms with Crippen LogP contribution in [0.25, 0.3) is 0 Å². The summed E-state index contributed by atoms with van der Waals surface area (Å²) in [6.45, 7) is 2.34. The smallest absolute Gasteiger partial charge is 0.478 e. The molecule has 2 heterocycles. The SMILES string of the molecule is O=C(O)C1=CC=C(C2=NOC3(CCN(Cc4cc(C5CC5)c(OC(F)(F)F)c(C5CC5)c4)CC3)C2)CC1. The first-order chi connectivity index (χ1) is 17.7. The molecule has 2 aliphatic heterocycles. The largest absolute Gasteiger partial charge is 0.573 e. The predicted molar refractivity (Wildman–Crippen MR) is 130 cm³/mol. The molecule has 3 aliphatic carbocycles. The molecule has 9 heteroatoms. The van der Waals surface area contributed by atoms with E-state index in [-0.39, 0.29) is 23.2 Å². The van der Waals surface area contributed by atoms with E-state index in [9.17, 15) is 18.0 Å². The summed E-state index contributed by atoms with van der Waals surface area (Å²) in [5, 5.41) is 13.5. The topological polar surface area (TPSA) is 71.4 Å². The van der Waals surface area contributed by atoms with Crippen molar-refractivity contribution in [2.24, 2.45) is 5.16 Å². The monoisotopic (exact) mass is 516 g/mol. The minimum Gasteiger partial charge on any atom is -0.478 e. The fourth-order valence-electron chi connectivity index (χ4n) is 5.85. The number of carboxylic acid groups (broad SMARTS) is 1. The number of carboxylic acids is 1. The molecule has 0 amide bonds. The molecule has 0 bridgehead atoms. The third-order valence-corrected chi connectivity index (χ3v) is 8.27. The van der Waals surface area contributed by atoms with Crippen molar-refractivity contribution in [2.45, 2.75) is 88.1 Å². The predicted octanol–water partition coefficient (Wildman–Crippen LogP) is 6.18. The molecule has 1 saturated heterocycles. The Morgan fingerprint density at radius 1 is 1.08 bits per heavy atom. The van der Waals surface area contributed by atoms with Crippen molar-refractivity contribution in [2.75, 3.05) is 13.1 Å². The lowest BCUT2D eigenvalue weighted by atomic mass is 9.83. The molecule has 2 saturated carbocycles. The second-order valence-electron chi connectivity index (χ2n) is 11.2. The quantitative estimate of drug-likeness (QED) is 0.469. The van der Waals surface area contributed by atoms with Gasteiger partial charge in [0, 0.05) is 44.5 Å². The molecule has 1 aromatic carbocycles. The molecule has 1 aromatic rings. The van der Waals surface area contributed by atoms with Crippen LogP contribution in [0.1, 0.15) is 86.3 Å². The lowest BCUT2D eigenvalue weighted by Crippen LogP contribution is -2.44. The molecule has 0 aromatic heterocycles. The number of likely N-dealkylation sites (tertiary alicyclic amines) is 1. The van der Waals surface area contributed by atoms with Gasteiger partial charge in [0.05, 0.1) is 5.71 Å². The van der Waals surface area contributed by atoms with Gasteiger partial charge in [-0.3, -0.25) is 4.90 Å². The van der Waals surface area contributed by atoms with Gasteiger partial charge < -0.3 is 14.7 Å². The number of carbonyl (C=O) groups is 1. The Labute approximate surface area is 213 Å². The van der Waals surface area contributed by atoms with E-state index in [1.165, 1.54) is 0 Å². The molecular formula is C28H31F3N2O4. The van der Waals surface area contributed by atoms with Crippen LogP contribution < -0.4 is 4.74 Å². The van der Waals surface area contributed by atoms with Crippen LogP contribution in [-0.2, 0) is 16.2 Å². The summed E-state index contributed by atoms with van der Waals surface area (Å²) < 4.78 is 44.2. The van der Waals surface area contributed by atoms with Crippen molar-refractivity contribution in [3.8, 4) is 5.75 Å². The van der Waals surface area contributed by atoms with Gasteiger partial charge in [0.1, 0.15) is 11.4 Å². The first kappa shape index (κ1) is 24.5. The van der Waals surface area contributed by atoms with Gasteiger partial charge in [0.15, 0.2) is 0 Å². The summed E-state index contributed by atoms with van der Waals surface area (Å²) in [4.78, 5) is 19.5. The molecule has 1 N–H and O–H groups in total. The van der Waals surface area contributed by atoms with Crippen LogP contribution in [0.4, 0.5) is 13.2 Å². The Kier molecular flexibility index (Phi) is 6.09. The van der Waals surface area contributed by atoms with Crippen LogP contribution in [0, 0.1) is 0 Å². The van der Waals surface area contributed by atoms with E-state index in [1.807, 2.05) is 18.2 Å². The second kappa shape index (κ2) is 9.19. The molecule has 3 fully saturated rings. The standard InChI is InChI=1S/C28H31F3N2O4/c29-28(30,31)36-25-22(18-1-2-18)13-17(14-23(25)19-3-4-19)16-33-11-9-27(10-12-33)15-24(32-37-27)20-5-7-21(8-6-20)26(34)35/h5,7,13-14,18-19H,1-4,6,8-12,15-16H2,(H,34,35). The first-order valence-corrected chi connectivity index (χ1v) is 13.2. The summed E-state index contributed by atoms with van der Waals surface area (Å²) in [7, 11) is 0. The number of oxime groups is 1. The van der Waals surface area contributed by atoms with E-state index >= 15 is 0 Å². The number of hydrogen-bond acceptors (Lipinski definition) is 5. The molecule has 0 atom stereocenters. The van der Waals surface area contributed by atoms with E-state index < -0.39 is 12.3 Å². The summed E-state index contributed by atoms with van der Waals surface area (Å²) in [6, 6.07) is 3.88. The maximum absolute atomic E-state index is 13.2. The average Bonchev–Trinajstić information content (AvgIpc) is 3.79. The van der Waals surface area contributed by atoms with E-state index in [4.69, 9.17) is 9.94 Å². The minimum absolute atomic E-state index is 0.0604. The van der Waals surface area contributed by atoms with Crippen LogP contribution in [0.3, 0.4) is 0 Å². The van der Waals surface area contributed by atoms with Crippen LogP contribution in [0.15, 0.2) is 40.6 Å². The molecule has 37 heavy (non-hydrogen) atoms. The molecule has 198 valence electrons. The number of benzene rings is 1.